The van der Waals surface area contributed by atoms with Gasteiger partial charge in [0.05, 0.1) is 0 Å². The summed E-state index contributed by atoms with van der Waals surface area (Å²) < 4.78 is 1.76. The SMILES string of the molecule is CCn1ccc(NC(=O)c2ccc(N)cc2C)n1. The first-order chi connectivity index (χ1) is 8.60. The summed E-state index contributed by atoms with van der Waals surface area (Å²) in [6, 6.07) is 6.98. The van der Waals surface area contributed by atoms with Gasteiger partial charge in [-0.05, 0) is 37.6 Å². The fourth-order valence-corrected chi connectivity index (χ4v) is 1.73. The average Bonchev–Trinajstić information content (AvgIpc) is 2.76. The largest absolute Gasteiger partial charge is 0.399 e. The van der Waals surface area contributed by atoms with E-state index >= 15 is 0 Å². The van der Waals surface area contributed by atoms with Crippen LogP contribution in [0.2, 0.25) is 0 Å². The molecule has 2 aromatic rings. The molecule has 1 aromatic heterocycles. The zero-order chi connectivity index (χ0) is 13.1. The van der Waals surface area contributed by atoms with E-state index in [1.165, 1.54) is 0 Å². The molecule has 0 radical (unpaired) electrons. The van der Waals surface area contributed by atoms with Crippen molar-refractivity contribution < 1.29 is 4.79 Å². The lowest BCUT2D eigenvalue weighted by Gasteiger charge is -2.06. The van der Waals surface area contributed by atoms with Crippen LogP contribution in [-0.2, 0) is 6.54 Å². The minimum atomic E-state index is -0.172. The molecule has 0 saturated heterocycles. The molecule has 1 amide bonds. The Morgan fingerprint density at radius 3 is 2.83 bits per heavy atom. The number of carbonyl (C=O) groups excluding carboxylic acids is 1. The molecule has 0 atom stereocenters. The molecule has 0 aliphatic rings. The number of aromatic nitrogens is 2. The molecule has 2 rings (SSSR count). The minimum Gasteiger partial charge on any atom is -0.399 e. The second-order valence-corrected chi connectivity index (χ2v) is 4.09. The van der Waals surface area contributed by atoms with Gasteiger partial charge in [-0.1, -0.05) is 0 Å². The molecular formula is C13H16N4O. The normalized spacial score (nSPS) is 10.3. The molecule has 0 spiro atoms. The molecule has 3 N–H and O–H groups in total. The maximum Gasteiger partial charge on any atom is 0.257 e. The van der Waals surface area contributed by atoms with Crippen molar-refractivity contribution in [3.05, 3.63) is 41.6 Å². The average molecular weight is 244 g/mol. The van der Waals surface area contributed by atoms with Crippen molar-refractivity contribution in [2.24, 2.45) is 0 Å². The van der Waals surface area contributed by atoms with E-state index in [4.69, 9.17) is 5.73 Å². The Morgan fingerprint density at radius 2 is 2.22 bits per heavy atom. The van der Waals surface area contributed by atoms with Crippen molar-refractivity contribution >= 4 is 17.4 Å². The molecule has 0 fully saturated rings. The molecule has 0 aliphatic carbocycles. The van der Waals surface area contributed by atoms with Gasteiger partial charge in [0.2, 0.25) is 0 Å². The highest BCUT2D eigenvalue weighted by Crippen LogP contribution is 2.14. The fourth-order valence-electron chi connectivity index (χ4n) is 1.73. The highest BCUT2D eigenvalue weighted by Gasteiger charge is 2.10. The Bertz CT molecular complexity index is 574. The van der Waals surface area contributed by atoms with Gasteiger partial charge in [0.1, 0.15) is 0 Å². The van der Waals surface area contributed by atoms with Gasteiger partial charge in [-0.3, -0.25) is 9.48 Å². The van der Waals surface area contributed by atoms with Gasteiger partial charge < -0.3 is 11.1 Å². The Morgan fingerprint density at radius 1 is 1.44 bits per heavy atom. The van der Waals surface area contributed by atoms with Crippen LogP contribution in [0, 0.1) is 6.92 Å². The number of anilines is 2. The Balaban J connectivity index is 2.16. The van der Waals surface area contributed by atoms with E-state index in [9.17, 15) is 4.79 Å². The van der Waals surface area contributed by atoms with Crippen LogP contribution in [0.1, 0.15) is 22.8 Å². The third-order valence-electron chi connectivity index (χ3n) is 2.70. The van der Waals surface area contributed by atoms with Crippen LogP contribution >= 0.6 is 0 Å². The van der Waals surface area contributed by atoms with E-state index in [0.717, 1.165) is 12.1 Å². The number of hydrogen-bond donors (Lipinski definition) is 2. The summed E-state index contributed by atoms with van der Waals surface area (Å²) in [5.74, 6) is 0.381. The van der Waals surface area contributed by atoms with Gasteiger partial charge in [-0.25, -0.2) is 0 Å². The van der Waals surface area contributed by atoms with E-state index < -0.39 is 0 Å². The molecule has 1 aromatic carbocycles. The highest BCUT2D eigenvalue weighted by atomic mass is 16.1. The topological polar surface area (TPSA) is 72.9 Å². The van der Waals surface area contributed by atoms with Crippen molar-refractivity contribution in [2.45, 2.75) is 20.4 Å². The van der Waals surface area contributed by atoms with Crippen LogP contribution < -0.4 is 11.1 Å². The third-order valence-corrected chi connectivity index (χ3v) is 2.70. The molecule has 5 nitrogen and oxygen atoms in total. The maximum atomic E-state index is 12.0. The smallest absolute Gasteiger partial charge is 0.257 e. The second kappa shape index (κ2) is 4.91. The Kier molecular flexibility index (Phi) is 3.32. The monoisotopic (exact) mass is 244 g/mol. The number of nitrogens with two attached hydrogens (primary N) is 1. The van der Waals surface area contributed by atoms with Gasteiger partial charge >= 0.3 is 0 Å². The Hall–Kier alpha value is -2.30. The van der Waals surface area contributed by atoms with Gasteiger partial charge in [0.25, 0.3) is 5.91 Å². The molecule has 1 heterocycles. The van der Waals surface area contributed by atoms with Crippen molar-refractivity contribution in [2.75, 3.05) is 11.1 Å². The summed E-state index contributed by atoms with van der Waals surface area (Å²) in [6.45, 7) is 4.62. The molecule has 94 valence electrons. The molecule has 0 unspecified atom stereocenters. The van der Waals surface area contributed by atoms with E-state index in [1.54, 1.807) is 28.9 Å². The standard InChI is InChI=1S/C13H16N4O/c1-3-17-7-6-12(16-17)15-13(18)11-5-4-10(14)8-9(11)2/h4-8H,3,14H2,1-2H3,(H,15,16,18). The number of benzene rings is 1. The maximum absolute atomic E-state index is 12.0. The van der Waals surface area contributed by atoms with E-state index in [1.807, 2.05) is 20.0 Å². The molecule has 18 heavy (non-hydrogen) atoms. The summed E-state index contributed by atoms with van der Waals surface area (Å²) in [6.07, 6.45) is 1.82. The second-order valence-electron chi connectivity index (χ2n) is 4.09. The van der Waals surface area contributed by atoms with E-state index in [2.05, 4.69) is 10.4 Å². The van der Waals surface area contributed by atoms with Crippen LogP contribution in [0.3, 0.4) is 0 Å². The molecule has 0 bridgehead atoms. The summed E-state index contributed by atoms with van der Waals surface area (Å²) >= 11 is 0. The van der Waals surface area contributed by atoms with Crippen LogP contribution in [0.5, 0.6) is 0 Å². The van der Waals surface area contributed by atoms with Gasteiger partial charge in [-0.15, -0.1) is 0 Å². The van der Waals surface area contributed by atoms with E-state index in [0.29, 0.717) is 17.1 Å². The number of rotatable bonds is 3. The van der Waals surface area contributed by atoms with Gasteiger partial charge in [-0.2, -0.15) is 5.10 Å². The van der Waals surface area contributed by atoms with Crippen molar-refractivity contribution in [3.63, 3.8) is 0 Å². The molecule has 0 saturated carbocycles. The van der Waals surface area contributed by atoms with Crippen molar-refractivity contribution in [1.82, 2.24) is 9.78 Å². The zero-order valence-corrected chi connectivity index (χ0v) is 10.5. The number of nitrogens with zero attached hydrogens (tertiary/aromatic N) is 2. The first-order valence-electron chi connectivity index (χ1n) is 5.81. The predicted molar refractivity (Wildman–Crippen MR) is 71.4 cm³/mol. The van der Waals surface area contributed by atoms with Crippen LogP contribution in [0.15, 0.2) is 30.5 Å². The molecular weight excluding hydrogens is 228 g/mol. The first kappa shape index (κ1) is 12.2. The van der Waals surface area contributed by atoms with Crippen molar-refractivity contribution in [1.29, 1.82) is 0 Å². The molecule has 5 heteroatoms. The lowest BCUT2D eigenvalue weighted by molar-refractivity contribution is 0.102. The number of aryl methyl sites for hydroxylation is 2. The van der Waals surface area contributed by atoms with Crippen LogP contribution in [0.4, 0.5) is 11.5 Å². The minimum absolute atomic E-state index is 0.172. The third kappa shape index (κ3) is 2.51. The van der Waals surface area contributed by atoms with Crippen molar-refractivity contribution in [3.8, 4) is 0 Å². The van der Waals surface area contributed by atoms with Crippen LogP contribution in [0.25, 0.3) is 0 Å². The van der Waals surface area contributed by atoms with Gasteiger partial charge in [0, 0.05) is 30.1 Å². The number of nitrogens with one attached hydrogen (secondary N) is 1. The highest BCUT2D eigenvalue weighted by molar-refractivity contribution is 6.04. The van der Waals surface area contributed by atoms with Gasteiger partial charge in [0.15, 0.2) is 5.82 Å². The Labute approximate surface area is 106 Å². The van der Waals surface area contributed by atoms with Crippen LogP contribution in [-0.4, -0.2) is 15.7 Å². The first-order valence-corrected chi connectivity index (χ1v) is 5.81. The lowest BCUT2D eigenvalue weighted by Crippen LogP contribution is -2.14. The number of amides is 1. The lowest BCUT2D eigenvalue weighted by atomic mass is 10.1. The predicted octanol–water partition coefficient (Wildman–Crippen LogP) is 2.05. The fraction of sp³-hybridized carbons (Fsp3) is 0.231. The molecule has 0 aliphatic heterocycles. The zero-order valence-electron chi connectivity index (χ0n) is 10.5. The van der Waals surface area contributed by atoms with E-state index in [-0.39, 0.29) is 5.91 Å². The summed E-state index contributed by atoms with van der Waals surface area (Å²) in [4.78, 5) is 12.0. The number of carbonyl (C=O) groups is 1. The summed E-state index contributed by atoms with van der Waals surface area (Å²) in [5, 5.41) is 6.96. The summed E-state index contributed by atoms with van der Waals surface area (Å²) in [7, 11) is 0. The number of hydrogen-bond acceptors (Lipinski definition) is 3. The quantitative estimate of drug-likeness (QED) is 0.811. The summed E-state index contributed by atoms with van der Waals surface area (Å²) in [5.41, 5.74) is 7.76. The number of nitrogen functional groups attached to an aromatic ring is 1.